The summed E-state index contributed by atoms with van der Waals surface area (Å²) in [5, 5.41) is 0. The molecule has 0 spiro atoms. The third-order valence-electron chi connectivity index (χ3n) is 6.74. The predicted octanol–water partition coefficient (Wildman–Crippen LogP) is 7.12. The molecule has 1 fully saturated rings. The summed E-state index contributed by atoms with van der Waals surface area (Å²) in [6.07, 6.45) is 16.2. The van der Waals surface area contributed by atoms with E-state index < -0.39 is 5.97 Å². The van der Waals surface area contributed by atoms with Gasteiger partial charge in [0.2, 0.25) is 0 Å². The Morgan fingerprint density at radius 3 is 2.29 bits per heavy atom. The van der Waals surface area contributed by atoms with Crippen LogP contribution in [0.3, 0.4) is 0 Å². The van der Waals surface area contributed by atoms with Gasteiger partial charge in [-0.05, 0) is 79.0 Å². The summed E-state index contributed by atoms with van der Waals surface area (Å²) in [7, 11) is 0. The standard InChI is InChI=1S/C29H40N2O3/c1-2-3-4-5-6-7-22-8-10-24(11-9-22)25-12-14-28(15-13-25)33-17-16-29(32)34-21-23-18-26(30)20-27(31)19-23/h12-20,22,24H,2-11,21,30-31H2,1H3/b17-16+. The molecule has 1 aliphatic rings. The van der Waals surface area contributed by atoms with Gasteiger partial charge in [0, 0.05) is 11.4 Å². The van der Waals surface area contributed by atoms with Gasteiger partial charge in [-0.1, -0.05) is 57.6 Å². The molecule has 184 valence electrons. The van der Waals surface area contributed by atoms with Crippen molar-refractivity contribution < 1.29 is 14.3 Å². The van der Waals surface area contributed by atoms with E-state index >= 15 is 0 Å². The second kappa shape index (κ2) is 13.7. The van der Waals surface area contributed by atoms with Gasteiger partial charge in [-0.3, -0.25) is 0 Å². The monoisotopic (exact) mass is 464 g/mol. The number of rotatable bonds is 12. The molecule has 0 aromatic heterocycles. The lowest BCUT2D eigenvalue weighted by Gasteiger charge is -2.29. The van der Waals surface area contributed by atoms with E-state index in [2.05, 4.69) is 19.1 Å². The molecule has 2 aromatic rings. The molecule has 0 bridgehead atoms. The van der Waals surface area contributed by atoms with E-state index in [9.17, 15) is 4.79 Å². The second-order valence-electron chi connectivity index (χ2n) is 9.53. The van der Waals surface area contributed by atoms with Crippen molar-refractivity contribution in [3.05, 3.63) is 65.9 Å². The van der Waals surface area contributed by atoms with Crippen LogP contribution >= 0.6 is 0 Å². The molecule has 0 unspecified atom stereocenters. The van der Waals surface area contributed by atoms with Crippen LogP contribution in [0.5, 0.6) is 5.75 Å². The molecule has 34 heavy (non-hydrogen) atoms. The van der Waals surface area contributed by atoms with Crippen molar-refractivity contribution in [1.82, 2.24) is 0 Å². The Bertz CT molecular complexity index is 895. The fourth-order valence-corrected chi connectivity index (χ4v) is 4.84. The van der Waals surface area contributed by atoms with Crippen molar-refractivity contribution >= 4 is 17.3 Å². The number of hydrogen-bond donors (Lipinski definition) is 2. The first-order valence-electron chi connectivity index (χ1n) is 12.8. The smallest absolute Gasteiger partial charge is 0.334 e. The van der Waals surface area contributed by atoms with Crippen LogP contribution < -0.4 is 16.2 Å². The van der Waals surface area contributed by atoms with Crippen LogP contribution in [-0.2, 0) is 16.1 Å². The minimum atomic E-state index is -0.486. The number of carbonyl (C=O) groups is 1. The van der Waals surface area contributed by atoms with Crippen LogP contribution in [-0.4, -0.2) is 5.97 Å². The molecule has 0 radical (unpaired) electrons. The third-order valence-corrected chi connectivity index (χ3v) is 6.74. The van der Waals surface area contributed by atoms with Gasteiger partial charge < -0.3 is 20.9 Å². The van der Waals surface area contributed by atoms with Gasteiger partial charge in [-0.25, -0.2) is 4.79 Å². The van der Waals surface area contributed by atoms with E-state index in [-0.39, 0.29) is 6.61 Å². The first-order valence-corrected chi connectivity index (χ1v) is 12.8. The molecule has 3 rings (SSSR count). The molecular weight excluding hydrogens is 424 g/mol. The highest BCUT2D eigenvalue weighted by atomic mass is 16.5. The van der Waals surface area contributed by atoms with E-state index in [4.69, 9.17) is 20.9 Å². The van der Waals surface area contributed by atoms with Crippen LogP contribution in [0.2, 0.25) is 0 Å². The summed E-state index contributed by atoms with van der Waals surface area (Å²) >= 11 is 0. The summed E-state index contributed by atoms with van der Waals surface area (Å²) in [5.41, 5.74) is 14.7. The highest BCUT2D eigenvalue weighted by molar-refractivity contribution is 5.81. The summed E-state index contributed by atoms with van der Waals surface area (Å²) in [4.78, 5) is 11.9. The summed E-state index contributed by atoms with van der Waals surface area (Å²) < 4.78 is 10.8. The van der Waals surface area contributed by atoms with Crippen molar-refractivity contribution in [1.29, 1.82) is 0 Å². The Balaban J connectivity index is 1.36. The topological polar surface area (TPSA) is 87.6 Å². The molecule has 1 saturated carbocycles. The van der Waals surface area contributed by atoms with Gasteiger partial charge in [0.25, 0.3) is 0 Å². The maximum atomic E-state index is 11.9. The Morgan fingerprint density at radius 1 is 0.941 bits per heavy atom. The van der Waals surface area contributed by atoms with Crippen molar-refractivity contribution in [3.63, 3.8) is 0 Å². The average Bonchev–Trinajstić information content (AvgIpc) is 2.83. The lowest BCUT2D eigenvalue weighted by molar-refractivity contribution is -0.139. The van der Waals surface area contributed by atoms with Crippen molar-refractivity contribution in [2.45, 2.75) is 83.7 Å². The van der Waals surface area contributed by atoms with Gasteiger partial charge in [0.05, 0.1) is 12.3 Å². The summed E-state index contributed by atoms with van der Waals surface area (Å²) in [5.74, 6) is 1.79. The molecule has 2 aromatic carbocycles. The molecule has 0 aliphatic heterocycles. The SMILES string of the molecule is CCCCCCCC1CCC(c2ccc(O/C=C/C(=O)OCc3cc(N)cc(N)c3)cc2)CC1. The van der Waals surface area contributed by atoms with Gasteiger partial charge >= 0.3 is 5.97 Å². The Morgan fingerprint density at radius 2 is 1.62 bits per heavy atom. The van der Waals surface area contributed by atoms with Crippen LogP contribution in [0, 0.1) is 5.92 Å². The number of nitrogens with two attached hydrogens (primary N) is 2. The molecule has 5 nitrogen and oxygen atoms in total. The number of ether oxygens (including phenoxy) is 2. The van der Waals surface area contributed by atoms with E-state index in [1.165, 1.54) is 82.1 Å². The minimum absolute atomic E-state index is 0.105. The molecule has 0 heterocycles. The summed E-state index contributed by atoms with van der Waals surface area (Å²) in [6, 6.07) is 13.4. The average molecular weight is 465 g/mol. The van der Waals surface area contributed by atoms with E-state index in [1.807, 2.05) is 12.1 Å². The number of benzene rings is 2. The minimum Gasteiger partial charge on any atom is -0.465 e. The fraction of sp³-hybridized carbons (Fsp3) is 0.483. The normalized spacial score (nSPS) is 18.1. The zero-order chi connectivity index (χ0) is 24.2. The number of esters is 1. The number of hydrogen-bond acceptors (Lipinski definition) is 5. The highest BCUT2D eigenvalue weighted by Crippen LogP contribution is 2.38. The fourth-order valence-electron chi connectivity index (χ4n) is 4.84. The van der Waals surface area contributed by atoms with Crippen LogP contribution in [0.15, 0.2) is 54.8 Å². The van der Waals surface area contributed by atoms with Gasteiger partial charge in [-0.2, -0.15) is 0 Å². The number of anilines is 2. The highest BCUT2D eigenvalue weighted by Gasteiger charge is 2.22. The van der Waals surface area contributed by atoms with Crippen LogP contribution in [0.25, 0.3) is 0 Å². The Hall–Kier alpha value is -2.95. The lowest BCUT2D eigenvalue weighted by Crippen LogP contribution is -2.13. The molecule has 0 saturated heterocycles. The first-order chi connectivity index (χ1) is 16.5. The van der Waals surface area contributed by atoms with Crippen molar-refractivity contribution in [3.8, 4) is 5.75 Å². The van der Waals surface area contributed by atoms with E-state index in [1.54, 1.807) is 18.2 Å². The number of nitrogen functional groups attached to an aromatic ring is 2. The molecule has 0 atom stereocenters. The van der Waals surface area contributed by atoms with Crippen molar-refractivity contribution in [2.75, 3.05) is 11.5 Å². The number of unbranched alkanes of at least 4 members (excludes halogenated alkanes) is 4. The molecule has 0 amide bonds. The van der Waals surface area contributed by atoms with Gasteiger partial charge in [0.15, 0.2) is 0 Å². The van der Waals surface area contributed by atoms with Gasteiger partial charge in [-0.15, -0.1) is 0 Å². The third kappa shape index (κ3) is 8.77. The zero-order valence-electron chi connectivity index (χ0n) is 20.5. The molecule has 4 N–H and O–H groups in total. The maximum Gasteiger partial charge on any atom is 0.334 e. The van der Waals surface area contributed by atoms with Crippen LogP contribution in [0.4, 0.5) is 11.4 Å². The molecule has 5 heteroatoms. The number of carbonyl (C=O) groups excluding carboxylic acids is 1. The van der Waals surface area contributed by atoms with E-state index in [0.717, 1.165) is 11.5 Å². The second-order valence-corrected chi connectivity index (χ2v) is 9.53. The lowest BCUT2D eigenvalue weighted by atomic mass is 9.77. The molecule has 1 aliphatic carbocycles. The van der Waals surface area contributed by atoms with Gasteiger partial charge in [0.1, 0.15) is 12.4 Å². The van der Waals surface area contributed by atoms with E-state index in [0.29, 0.717) is 23.0 Å². The predicted molar refractivity (Wildman–Crippen MR) is 139 cm³/mol. The zero-order valence-corrected chi connectivity index (χ0v) is 20.5. The van der Waals surface area contributed by atoms with Crippen molar-refractivity contribution in [2.24, 2.45) is 5.92 Å². The largest absolute Gasteiger partial charge is 0.465 e. The maximum absolute atomic E-state index is 11.9. The summed E-state index contributed by atoms with van der Waals surface area (Å²) in [6.45, 7) is 2.38. The molecular formula is C29H40N2O3. The quantitative estimate of drug-likeness (QED) is 0.115. The Kier molecular flexibility index (Phi) is 10.3. The Labute approximate surface area is 204 Å². The first kappa shape index (κ1) is 25.7. The van der Waals surface area contributed by atoms with Crippen LogP contribution in [0.1, 0.15) is 88.2 Å².